The van der Waals surface area contributed by atoms with Gasteiger partial charge in [-0.3, -0.25) is 4.79 Å². The van der Waals surface area contributed by atoms with Gasteiger partial charge in [0, 0.05) is 5.56 Å². The number of aryl methyl sites for hydroxylation is 2. The first-order valence-corrected chi connectivity index (χ1v) is 13.2. The summed E-state index contributed by atoms with van der Waals surface area (Å²) in [6.45, 7) is 3.64. The minimum absolute atomic E-state index is 0.0272. The summed E-state index contributed by atoms with van der Waals surface area (Å²) in [6.07, 6.45) is 0. The van der Waals surface area contributed by atoms with Crippen LogP contribution in [-0.4, -0.2) is 39.2 Å². The van der Waals surface area contributed by atoms with Gasteiger partial charge < -0.3 is 5.11 Å². The maximum atomic E-state index is 13.2. The molecule has 0 fully saturated rings. The normalized spacial score (nSPS) is 12.1. The zero-order valence-corrected chi connectivity index (χ0v) is 19.4. The van der Waals surface area contributed by atoms with Crippen molar-refractivity contribution in [2.75, 3.05) is 11.5 Å². The molecule has 0 bridgehead atoms. The van der Waals surface area contributed by atoms with Crippen LogP contribution in [0.1, 0.15) is 21.5 Å². The van der Waals surface area contributed by atoms with E-state index >= 15 is 0 Å². The highest BCUT2D eigenvalue weighted by Crippen LogP contribution is 2.23. The van der Waals surface area contributed by atoms with E-state index in [4.69, 9.17) is 0 Å². The quantitative estimate of drug-likeness (QED) is 0.501. The standard InChI is InChI=1S/C24H24O6S2/c1-17-3-11-22(12-4-17)31(27,28)15-20(24(26)19-7-9-21(25)10-8-19)16-32(29,30)23-13-5-18(2)6-14-23/h3-14,20,25H,15-16H2,1-2H3. The van der Waals surface area contributed by atoms with Crippen molar-refractivity contribution >= 4 is 25.5 Å². The number of phenols is 1. The van der Waals surface area contributed by atoms with Gasteiger partial charge in [0.05, 0.1) is 27.2 Å². The Morgan fingerprint density at radius 3 is 1.44 bits per heavy atom. The molecule has 0 spiro atoms. The first-order chi connectivity index (χ1) is 15.0. The minimum Gasteiger partial charge on any atom is -0.508 e. The Bertz CT molecular complexity index is 1230. The number of sulfone groups is 2. The van der Waals surface area contributed by atoms with Crippen LogP contribution in [0.3, 0.4) is 0 Å². The monoisotopic (exact) mass is 472 g/mol. The fraction of sp³-hybridized carbons (Fsp3) is 0.208. The molecule has 0 saturated heterocycles. The Hall–Kier alpha value is -2.97. The predicted octanol–water partition coefficient (Wildman–Crippen LogP) is 3.76. The highest BCUT2D eigenvalue weighted by Gasteiger charge is 2.32. The number of ketones is 1. The molecule has 0 heterocycles. The molecule has 0 saturated carbocycles. The summed E-state index contributed by atoms with van der Waals surface area (Å²) >= 11 is 0. The Morgan fingerprint density at radius 2 is 1.06 bits per heavy atom. The molecule has 3 rings (SSSR count). The van der Waals surface area contributed by atoms with Crippen molar-refractivity contribution in [3.63, 3.8) is 0 Å². The van der Waals surface area contributed by atoms with Crippen molar-refractivity contribution in [1.82, 2.24) is 0 Å². The molecule has 0 aliphatic rings. The Morgan fingerprint density at radius 1 is 0.688 bits per heavy atom. The molecule has 1 N–H and O–H groups in total. The molecule has 0 radical (unpaired) electrons. The van der Waals surface area contributed by atoms with E-state index in [1.165, 1.54) is 48.5 Å². The number of benzene rings is 3. The third-order valence-electron chi connectivity index (χ3n) is 5.12. The summed E-state index contributed by atoms with van der Waals surface area (Å²) in [7, 11) is -7.87. The highest BCUT2D eigenvalue weighted by molar-refractivity contribution is 7.92. The first-order valence-electron chi connectivity index (χ1n) is 9.90. The summed E-state index contributed by atoms with van der Waals surface area (Å²) < 4.78 is 52.1. The third-order valence-corrected chi connectivity index (χ3v) is 8.79. The second-order valence-electron chi connectivity index (χ2n) is 7.80. The van der Waals surface area contributed by atoms with Crippen molar-refractivity contribution in [2.45, 2.75) is 23.6 Å². The van der Waals surface area contributed by atoms with Crippen LogP contribution < -0.4 is 0 Å². The van der Waals surface area contributed by atoms with E-state index in [1.54, 1.807) is 24.3 Å². The highest BCUT2D eigenvalue weighted by atomic mass is 32.2. The van der Waals surface area contributed by atoms with E-state index in [2.05, 4.69) is 0 Å². The number of hydrogen-bond donors (Lipinski definition) is 1. The van der Waals surface area contributed by atoms with Crippen LogP contribution in [0.5, 0.6) is 5.75 Å². The van der Waals surface area contributed by atoms with E-state index in [9.17, 15) is 26.7 Å². The molecule has 32 heavy (non-hydrogen) atoms. The zero-order chi connectivity index (χ0) is 23.5. The van der Waals surface area contributed by atoms with Gasteiger partial charge in [-0.1, -0.05) is 35.4 Å². The summed E-state index contributed by atoms with van der Waals surface area (Å²) in [5.74, 6) is -3.30. The predicted molar refractivity (Wildman–Crippen MR) is 122 cm³/mol. The SMILES string of the molecule is Cc1ccc(S(=O)(=O)CC(CS(=O)(=O)c2ccc(C)cc2)C(=O)c2ccc(O)cc2)cc1. The first kappa shape index (κ1) is 23.7. The lowest BCUT2D eigenvalue weighted by Gasteiger charge is -2.17. The third kappa shape index (κ3) is 5.63. The van der Waals surface area contributed by atoms with Gasteiger partial charge in [-0.2, -0.15) is 0 Å². The molecule has 8 heteroatoms. The average Bonchev–Trinajstić information content (AvgIpc) is 2.73. The topological polar surface area (TPSA) is 106 Å². The van der Waals surface area contributed by atoms with Crippen LogP contribution in [0, 0.1) is 19.8 Å². The van der Waals surface area contributed by atoms with Crippen molar-refractivity contribution < 1.29 is 26.7 Å². The van der Waals surface area contributed by atoms with Crippen LogP contribution in [0.25, 0.3) is 0 Å². The lowest BCUT2D eigenvalue weighted by molar-refractivity contribution is 0.0942. The fourth-order valence-corrected chi connectivity index (χ4v) is 6.51. The smallest absolute Gasteiger partial charge is 0.179 e. The van der Waals surface area contributed by atoms with Gasteiger partial charge in [-0.25, -0.2) is 16.8 Å². The molecule has 0 aromatic heterocycles. The van der Waals surface area contributed by atoms with E-state index < -0.39 is 42.9 Å². The minimum atomic E-state index is -3.93. The van der Waals surface area contributed by atoms with Gasteiger partial charge >= 0.3 is 0 Å². The van der Waals surface area contributed by atoms with Gasteiger partial charge in [0.2, 0.25) is 0 Å². The molecule has 0 unspecified atom stereocenters. The number of carbonyl (C=O) groups excluding carboxylic acids is 1. The number of Topliss-reactive ketones (excluding diaryl/α,β-unsaturated/α-hetero) is 1. The number of phenolic OH excluding ortho intramolecular Hbond substituents is 1. The molecule has 168 valence electrons. The van der Waals surface area contributed by atoms with E-state index in [1.807, 2.05) is 13.8 Å². The van der Waals surface area contributed by atoms with Crippen molar-refractivity contribution in [3.05, 3.63) is 89.5 Å². The lowest BCUT2D eigenvalue weighted by Crippen LogP contribution is -2.31. The maximum Gasteiger partial charge on any atom is 0.179 e. The second-order valence-corrected chi connectivity index (χ2v) is 11.9. The van der Waals surface area contributed by atoms with Gasteiger partial charge in [0.15, 0.2) is 25.5 Å². The summed E-state index contributed by atoms with van der Waals surface area (Å²) in [5, 5.41) is 9.49. The van der Waals surface area contributed by atoms with E-state index in [-0.39, 0.29) is 21.1 Å². The van der Waals surface area contributed by atoms with E-state index in [0.29, 0.717) is 0 Å². The van der Waals surface area contributed by atoms with Crippen LogP contribution in [0.4, 0.5) is 0 Å². The molecule has 0 aliphatic carbocycles. The number of aromatic hydroxyl groups is 1. The summed E-state index contributed by atoms with van der Waals surface area (Å²) in [5.41, 5.74) is 1.89. The van der Waals surface area contributed by atoms with Crippen LogP contribution in [-0.2, 0) is 19.7 Å². The number of hydrogen-bond acceptors (Lipinski definition) is 6. The van der Waals surface area contributed by atoms with Crippen LogP contribution in [0.15, 0.2) is 82.6 Å². The molecule has 3 aromatic rings. The van der Waals surface area contributed by atoms with Crippen molar-refractivity contribution in [3.8, 4) is 5.75 Å². The molecule has 3 aromatic carbocycles. The summed E-state index contributed by atoms with van der Waals surface area (Å²) in [4.78, 5) is 13.2. The molecule has 0 atom stereocenters. The number of rotatable bonds is 8. The van der Waals surface area contributed by atoms with Gasteiger partial charge in [-0.05, 0) is 62.4 Å². The summed E-state index contributed by atoms with van der Waals surface area (Å²) in [6, 6.07) is 17.7. The average molecular weight is 473 g/mol. The van der Waals surface area contributed by atoms with Crippen LogP contribution >= 0.6 is 0 Å². The van der Waals surface area contributed by atoms with Gasteiger partial charge in [0.25, 0.3) is 0 Å². The van der Waals surface area contributed by atoms with Gasteiger partial charge in [0.1, 0.15) is 5.75 Å². The Balaban J connectivity index is 1.98. The zero-order valence-electron chi connectivity index (χ0n) is 17.7. The largest absolute Gasteiger partial charge is 0.508 e. The Kier molecular flexibility index (Phi) is 6.85. The Labute approximate surface area is 188 Å². The second kappa shape index (κ2) is 9.26. The van der Waals surface area contributed by atoms with Crippen LogP contribution in [0.2, 0.25) is 0 Å². The van der Waals surface area contributed by atoms with Crippen molar-refractivity contribution in [2.24, 2.45) is 5.92 Å². The fourth-order valence-electron chi connectivity index (χ4n) is 3.27. The molecule has 0 aliphatic heterocycles. The lowest BCUT2D eigenvalue weighted by atomic mass is 10.0. The van der Waals surface area contributed by atoms with Gasteiger partial charge in [-0.15, -0.1) is 0 Å². The molecule has 6 nitrogen and oxygen atoms in total. The molecular formula is C24H24O6S2. The van der Waals surface area contributed by atoms with E-state index in [0.717, 1.165) is 11.1 Å². The molecule has 0 amide bonds. The molecular weight excluding hydrogens is 448 g/mol. The number of carbonyl (C=O) groups is 1. The maximum absolute atomic E-state index is 13.2. The van der Waals surface area contributed by atoms with Crippen molar-refractivity contribution in [1.29, 1.82) is 0 Å².